The summed E-state index contributed by atoms with van der Waals surface area (Å²) < 4.78 is 1.99. The topological polar surface area (TPSA) is 43.8 Å². The van der Waals surface area contributed by atoms with E-state index in [2.05, 4.69) is 43.1 Å². The third-order valence-electron chi connectivity index (χ3n) is 2.70. The normalized spacial score (nSPS) is 11.0. The van der Waals surface area contributed by atoms with Crippen molar-refractivity contribution in [2.45, 2.75) is 26.3 Å². The van der Waals surface area contributed by atoms with Crippen LogP contribution in [-0.2, 0) is 6.54 Å². The van der Waals surface area contributed by atoms with E-state index in [-0.39, 0.29) is 0 Å². The second kappa shape index (κ2) is 4.49. The zero-order chi connectivity index (χ0) is 11.5. The predicted octanol–water partition coefficient (Wildman–Crippen LogP) is 2.45. The average Bonchev–Trinajstić information content (AvgIpc) is 2.77. The minimum atomic E-state index is 0.483. The zero-order valence-corrected chi connectivity index (χ0v) is 9.72. The molecule has 16 heavy (non-hydrogen) atoms. The van der Waals surface area contributed by atoms with E-state index in [1.54, 1.807) is 6.33 Å². The second-order valence-corrected chi connectivity index (χ2v) is 4.22. The van der Waals surface area contributed by atoms with E-state index in [9.17, 15) is 0 Å². The van der Waals surface area contributed by atoms with Crippen molar-refractivity contribution in [3.8, 4) is 5.69 Å². The molecule has 0 fully saturated rings. The standard InChI is InChI=1S/C13H17N3/c1-10(2)11-3-5-13(6-4-11)16-8-12(7-14)15-9-16/h3-6,8-10H,7,14H2,1-2H3. The lowest BCUT2D eigenvalue weighted by Gasteiger charge is -2.07. The fourth-order valence-corrected chi connectivity index (χ4v) is 1.64. The zero-order valence-electron chi connectivity index (χ0n) is 9.72. The summed E-state index contributed by atoms with van der Waals surface area (Å²) in [5.41, 5.74) is 8.91. The van der Waals surface area contributed by atoms with E-state index in [1.165, 1.54) is 5.56 Å². The van der Waals surface area contributed by atoms with Crippen LogP contribution in [0.1, 0.15) is 31.0 Å². The minimum absolute atomic E-state index is 0.483. The van der Waals surface area contributed by atoms with Gasteiger partial charge in [-0.05, 0) is 23.6 Å². The van der Waals surface area contributed by atoms with Gasteiger partial charge in [0.15, 0.2) is 0 Å². The highest BCUT2D eigenvalue weighted by Gasteiger charge is 2.01. The predicted molar refractivity (Wildman–Crippen MR) is 65.5 cm³/mol. The summed E-state index contributed by atoms with van der Waals surface area (Å²) in [4.78, 5) is 4.21. The first kappa shape index (κ1) is 10.9. The second-order valence-electron chi connectivity index (χ2n) is 4.22. The lowest BCUT2D eigenvalue weighted by atomic mass is 10.0. The monoisotopic (exact) mass is 215 g/mol. The molecule has 0 aliphatic carbocycles. The summed E-state index contributed by atoms with van der Waals surface area (Å²) in [6.45, 7) is 4.87. The fourth-order valence-electron chi connectivity index (χ4n) is 1.64. The third kappa shape index (κ3) is 2.14. The molecule has 0 radical (unpaired) electrons. The van der Waals surface area contributed by atoms with Gasteiger partial charge in [0.1, 0.15) is 0 Å². The summed E-state index contributed by atoms with van der Waals surface area (Å²) in [6.07, 6.45) is 3.76. The molecule has 0 aliphatic rings. The summed E-state index contributed by atoms with van der Waals surface area (Å²) in [5, 5.41) is 0. The van der Waals surface area contributed by atoms with E-state index in [0.717, 1.165) is 11.4 Å². The Bertz CT molecular complexity index is 454. The highest BCUT2D eigenvalue weighted by molar-refractivity contribution is 5.36. The van der Waals surface area contributed by atoms with Crippen LogP contribution in [0.5, 0.6) is 0 Å². The van der Waals surface area contributed by atoms with E-state index in [4.69, 9.17) is 5.73 Å². The number of benzene rings is 1. The number of nitrogens with two attached hydrogens (primary N) is 1. The van der Waals surface area contributed by atoms with Gasteiger partial charge in [0.2, 0.25) is 0 Å². The molecule has 0 spiro atoms. The Kier molecular flexibility index (Phi) is 3.06. The van der Waals surface area contributed by atoms with Gasteiger partial charge in [-0.3, -0.25) is 0 Å². The number of imidazole rings is 1. The highest BCUT2D eigenvalue weighted by Crippen LogP contribution is 2.16. The van der Waals surface area contributed by atoms with Gasteiger partial charge in [0.05, 0.1) is 12.0 Å². The van der Waals surface area contributed by atoms with Crippen molar-refractivity contribution in [3.05, 3.63) is 48.0 Å². The third-order valence-corrected chi connectivity index (χ3v) is 2.70. The summed E-state index contributed by atoms with van der Waals surface area (Å²) in [5.74, 6) is 0.566. The van der Waals surface area contributed by atoms with Crippen LogP contribution in [-0.4, -0.2) is 9.55 Å². The van der Waals surface area contributed by atoms with Gasteiger partial charge in [-0.15, -0.1) is 0 Å². The van der Waals surface area contributed by atoms with Gasteiger partial charge in [0, 0.05) is 18.4 Å². The van der Waals surface area contributed by atoms with Crippen LogP contribution in [0.4, 0.5) is 0 Å². The molecule has 1 aromatic heterocycles. The molecule has 0 saturated heterocycles. The van der Waals surface area contributed by atoms with Gasteiger partial charge in [-0.25, -0.2) is 4.98 Å². The van der Waals surface area contributed by atoms with Crippen molar-refractivity contribution in [3.63, 3.8) is 0 Å². The van der Waals surface area contributed by atoms with Crippen LogP contribution in [0.15, 0.2) is 36.8 Å². The largest absolute Gasteiger partial charge is 0.325 e. The van der Waals surface area contributed by atoms with Gasteiger partial charge >= 0.3 is 0 Å². The van der Waals surface area contributed by atoms with Gasteiger partial charge in [0.25, 0.3) is 0 Å². The molecule has 0 bridgehead atoms. The Morgan fingerprint density at radius 3 is 2.44 bits per heavy atom. The van der Waals surface area contributed by atoms with E-state index < -0.39 is 0 Å². The SMILES string of the molecule is CC(C)c1ccc(-n2cnc(CN)c2)cc1. The highest BCUT2D eigenvalue weighted by atomic mass is 15.0. The molecule has 0 amide bonds. The summed E-state index contributed by atoms with van der Waals surface area (Å²) in [7, 11) is 0. The lowest BCUT2D eigenvalue weighted by molar-refractivity contribution is 0.865. The first-order valence-corrected chi connectivity index (χ1v) is 5.54. The van der Waals surface area contributed by atoms with Crippen LogP contribution in [0.3, 0.4) is 0 Å². The molecular weight excluding hydrogens is 198 g/mol. The molecule has 2 rings (SSSR count). The number of hydrogen-bond donors (Lipinski definition) is 1. The smallest absolute Gasteiger partial charge is 0.0995 e. The molecule has 0 aliphatic heterocycles. The van der Waals surface area contributed by atoms with Crippen LogP contribution in [0, 0.1) is 0 Å². The van der Waals surface area contributed by atoms with Crippen LogP contribution in [0.25, 0.3) is 5.69 Å². The lowest BCUT2D eigenvalue weighted by Crippen LogP contribution is -1.96. The van der Waals surface area contributed by atoms with Crippen molar-refractivity contribution >= 4 is 0 Å². The average molecular weight is 215 g/mol. The Morgan fingerprint density at radius 2 is 1.94 bits per heavy atom. The molecule has 0 atom stereocenters. The molecule has 84 valence electrons. The molecule has 0 unspecified atom stereocenters. The molecule has 2 N–H and O–H groups in total. The Hall–Kier alpha value is -1.61. The van der Waals surface area contributed by atoms with Crippen molar-refractivity contribution in [2.24, 2.45) is 5.73 Å². The van der Waals surface area contributed by atoms with E-state index in [0.29, 0.717) is 12.5 Å². The first-order valence-electron chi connectivity index (χ1n) is 5.54. The molecule has 1 aromatic carbocycles. The van der Waals surface area contributed by atoms with Crippen molar-refractivity contribution in [2.75, 3.05) is 0 Å². The maximum Gasteiger partial charge on any atom is 0.0995 e. The van der Waals surface area contributed by atoms with Crippen molar-refractivity contribution < 1.29 is 0 Å². The van der Waals surface area contributed by atoms with Crippen molar-refractivity contribution in [1.82, 2.24) is 9.55 Å². The fraction of sp³-hybridized carbons (Fsp3) is 0.308. The number of aromatic nitrogens is 2. The maximum absolute atomic E-state index is 5.53. The van der Waals surface area contributed by atoms with Gasteiger partial charge in [-0.2, -0.15) is 0 Å². The number of nitrogens with zero attached hydrogens (tertiary/aromatic N) is 2. The summed E-state index contributed by atoms with van der Waals surface area (Å²) in [6, 6.07) is 8.53. The molecule has 3 heteroatoms. The van der Waals surface area contributed by atoms with E-state index in [1.807, 2.05) is 10.8 Å². The quantitative estimate of drug-likeness (QED) is 0.854. The Balaban J connectivity index is 2.27. The van der Waals surface area contributed by atoms with Crippen LogP contribution >= 0.6 is 0 Å². The molecule has 0 saturated carbocycles. The molecule has 3 nitrogen and oxygen atoms in total. The van der Waals surface area contributed by atoms with E-state index >= 15 is 0 Å². The van der Waals surface area contributed by atoms with Crippen molar-refractivity contribution in [1.29, 1.82) is 0 Å². The number of rotatable bonds is 3. The molecule has 2 aromatic rings. The Morgan fingerprint density at radius 1 is 1.25 bits per heavy atom. The minimum Gasteiger partial charge on any atom is -0.325 e. The van der Waals surface area contributed by atoms with Crippen LogP contribution in [0.2, 0.25) is 0 Å². The van der Waals surface area contributed by atoms with Gasteiger partial charge < -0.3 is 10.3 Å². The van der Waals surface area contributed by atoms with Gasteiger partial charge in [-0.1, -0.05) is 26.0 Å². The van der Waals surface area contributed by atoms with Crippen LogP contribution < -0.4 is 5.73 Å². The Labute approximate surface area is 95.9 Å². The number of hydrogen-bond acceptors (Lipinski definition) is 2. The summed E-state index contributed by atoms with van der Waals surface area (Å²) >= 11 is 0. The molecule has 1 heterocycles. The first-order chi connectivity index (χ1) is 7.70. The molecular formula is C13H17N3. The maximum atomic E-state index is 5.53.